The summed E-state index contributed by atoms with van der Waals surface area (Å²) in [5.74, 6) is 0.0512. The summed E-state index contributed by atoms with van der Waals surface area (Å²) >= 11 is 1.05. The van der Waals surface area contributed by atoms with E-state index in [1.54, 1.807) is 12.1 Å². The highest BCUT2D eigenvalue weighted by Crippen LogP contribution is 2.28. The number of phenols is 1. The molecule has 0 amide bonds. The van der Waals surface area contributed by atoms with Gasteiger partial charge in [0.1, 0.15) is 17.5 Å². The van der Waals surface area contributed by atoms with Crippen molar-refractivity contribution < 1.29 is 10.2 Å². The Morgan fingerprint density at radius 1 is 1.17 bits per heavy atom. The van der Waals surface area contributed by atoms with Crippen LogP contribution in [0.15, 0.2) is 41.2 Å². The van der Waals surface area contributed by atoms with Crippen molar-refractivity contribution in [3.05, 3.63) is 62.8 Å². The molecule has 1 saturated heterocycles. The Balaban J connectivity index is 1.30. The van der Waals surface area contributed by atoms with Gasteiger partial charge in [0.2, 0.25) is 0 Å². The minimum absolute atomic E-state index is 0.0512. The molecule has 1 aliphatic rings. The monoisotopic (exact) mass is 428 g/mol. The van der Waals surface area contributed by atoms with Crippen LogP contribution >= 0.6 is 11.3 Å². The fourth-order valence-electron chi connectivity index (χ4n) is 3.91. The average molecular weight is 429 g/mol. The molecular weight excluding hydrogens is 400 g/mol. The van der Waals surface area contributed by atoms with Crippen LogP contribution in [0.25, 0.3) is 10.2 Å². The maximum absolute atomic E-state index is 11.6. The quantitative estimate of drug-likeness (QED) is 0.348. The van der Waals surface area contributed by atoms with Crippen molar-refractivity contribution in [2.45, 2.75) is 25.6 Å². The van der Waals surface area contributed by atoms with Gasteiger partial charge in [-0.25, -0.2) is 0 Å². The number of H-pyrrole nitrogens is 1. The number of hydrogen-bond donors (Lipinski definition) is 5. The lowest BCUT2D eigenvalue weighted by atomic mass is 10.1. The molecule has 2 aromatic carbocycles. The summed E-state index contributed by atoms with van der Waals surface area (Å²) < 4.78 is 0.696. The summed E-state index contributed by atoms with van der Waals surface area (Å²) in [5.41, 5.74) is 3.85. The molecule has 0 spiro atoms. The molecule has 160 valence electrons. The smallest absolute Gasteiger partial charge is 0.305 e. The summed E-state index contributed by atoms with van der Waals surface area (Å²) in [4.78, 5) is 16.5. The van der Waals surface area contributed by atoms with Gasteiger partial charge in [0, 0.05) is 45.7 Å². The van der Waals surface area contributed by atoms with E-state index in [2.05, 4.69) is 44.8 Å². The molecule has 1 atom stereocenters. The van der Waals surface area contributed by atoms with Gasteiger partial charge in [-0.05, 0) is 29.2 Å². The first-order valence-corrected chi connectivity index (χ1v) is 11.2. The Morgan fingerprint density at radius 2 is 1.97 bits per heavy atom. The Labute approximate surface area is 179 Å². The lowest BCUT2D eigenvalue weighted by Crippen LogP contribution is -2.42. The predicted octanol–water partition coefficient (Wildman–Crippen LogP) is 1.39. The Bertz CT molecular complexity index is 1040. The highest BCUT2D eigenvalue weighted by Gasteiger charge is 2.13. The maximum Gasteiger partial charge on any atom is 0.305 e. The van der Waals surface area contributed by atoms with Gasteiger partial charge in [-0.1, -0.05) is 41.7 Å². The molecule has 1 fully saturated rings. The Kier molecular flexibility index (Phi) is 6.81. The number of aromatic amines is 1. The zero-order chi connectivity index (χ0) is 20.9. The molecule has 30 heavy (non-hydrogen) atoms. The van der Waals surface area contributed by atoms with Crippen LogP contribution in [0.2, 0.25) is 0 Å². The molecule has 2 heterocycles. The number of piperazine rings is 1. The van der Waals surface area contributed by atoms with E-state index < -0.39 is 6.23 Å². The predicted molar refractivity (Wildman–Crippen MR) is 120 cm³/mol. The van der Waals surface area contributed by atoms with Gasteiger partial charge >= 0.3 is 4.87 Å². The van der Waals surface area contributed by atoms with Gasteiger partial charge in [0.05, 0.1) is 4.70 Å². The number of aliphatic hydroxyl groups excluding tert-OH is 1. The van der Waals surface area contributed by atoms with Crippen LogP contribution in [-0.4, -0.2) is 59.0 Å². The van der Waals surface area contributed by atoms with Crippen molar-refractivity contribution in [2.75, 3.05) is 32.7 Å². The molecule has 1 aliphatic heterocycles. The molecule has 0 saturated carbocycles. The van der Waals surface area contributed by atoms with Crippen LogP contribution in [0, 0.1) is 0 Å². The van der Waals surface area contributed by atoms with Crippen LogP contribution in [0.5, 0.6) is 5.75 Å². The molecule has 0 radical (unpaired) electrons. The largest absolute Gasteiger partial charge is 0.506 e. The van der Waals surface area contributed by atoms with Gasteiger partial charge in [0.15, 0.2) is 0 Å². The van der Waals surface area contributed by atoms with Gasteiger partial charge in [-0.15, -0.1) is 0 Å². The molecule has 1 unspecified atom stereocenters. The standard InChI is InChI=1S/C22H28N4O3S/c27-18-5-4-17(21-20(18)25-22(29)30-21)13-19(28)24-7-6-15-2-1-3-16(12-15)14-26-10-8-23-9-11-26/h1-5,12,19,23-24,27-28H,6-11,13-14H2,(H,25,29). The fraction of sp³-hybridized carbons (Fsp3) is 0.409. The number of fused-ring (bicyclic) bond motifs is 1. The summed E-state index contributed by atoms with van der Waals surface area (Å²) in [6.07, 6.45) is 0.474. The van der Waals surface area contributed by atoms with E-state index in [1.165, 1.54) is 11.1 Å². The van der Waals surface area contributed by atoms with Gasteiger partial charge in [-0.2, -0.15) is 0 Å². The zero-order valence-electron chi connectivity index (χ0n) is 16.9. The number of nitrogens with one attached hydrogen (secondary N) is 3. The number of aliphatic hydroxyl groups is 1. The summed E-state index contributed by atoms with van der Waals surface area (Å²) in [6, 6.07) is 12.0. The van der Waals surface area contributed by atoms with E-state index in [4.69, 9.17) is 0 Å². The minimum atomic E-state index is -0.723. The summed E-state index contributed by atoms with van der Waals surface area (Å²) in [5, 5.41) is 26.8. The molecule has 5 N–H and O–H groups in total. The van der Waals surface area contributed by atoms with Gasteiger partial charge in [-0.3, -0.25) is 15.0 Å². The van der Waals surface area contributed by atoms with Gasteiger partial charge < -0.3 is 20.5 Å². The third-order valence-corrected chi connectivity index (χ3v) is 6.41. The number of thiazole rings is 1. The highest BCUT2D eigenvalue weighted by atomic mass is 32.1. The molecule has 0 aliphatic carbocycles. The lowest BCUT2D eigenvalue weighted by molar-refractivity contribution is 0.138. The number of aromatic nitrogens is 1. The van der Waals surface area contributed by atoms with E-state index in [0.717, 1.165) is 56.0 Å². The van der Waals surface area contributed by atoms with E-state index >= 15 is 0 Å². The second-order valence-electron chi connectivity index (χ2n) is 7.73. The van der Waals surface area contributed by atoms with Crippen LogP contribution in [0.3, 0.4) is 0 Å². The molecular formula is C22H28N4O3S. The average Bonchev–Trinajstić information content (AvgIpc) is 3.14. The van der Waals surface area contributed by atoms with Gasteiger partial charge in [0.25, 0.3) is 0 Å². The number of benzene rings is 2. The van der Waals surface area contributed by atoms with Crippen LogP contribution in [-0.2, 0) is 19.4 Å². The normalized spacial score (nSPS) is 16.2. The third-order valence-electron chi connectivity index (χ3n) is 5.45. The second-order valence-corrected chi connectivity index (χ2v) is 8.72. The van der Waals surface area contributed by atoms with Crippen LogP contribution in [0.1, 0.15) is 16.7 Å². The van der Waals surface area contributed by atoms with Crippen LogP contribution < -0.4 is 15.5 Å². The number of rotatable bonds is 8. The topological polar surface area (TPSA) is 101 Å². The maximum atomic E-state index is 11.6. The Hall–Kier alpha value is -2.23. The van der Waals surface area contributed by atoms with Crippen molar-refractivity contribution in [2.24, 2.45) is 0 Å². The van der Waals surface area contributed by atoms with E-state index in [0.29, 0.717) is 23.2 Å². The van der Waals surface area contributed by atoms with Crippen molar-refractivity contribution in [1.29, 1.82) is 0 Å². The van der Waals surface area contributed by atoms with Crippen molar-refractivity contribution >= 4 is 21.6 Å². The summed E-state index contributed by atoms with van der Waals surface area (Å²) in [7, 11) is 0. The van der Waals surface area contributed by atoms with Crippen molar-refractivity contribution in [3.8, 4) is 5.75 Å². The number of phenolic OH excluding ortho intramolecular Hbond substituents is 1. The highest BCUT2D eigenvalue weighted by molar-refractivity contribution is 7.16. The first-order valence-electron chi connectivity index (χ1n) is 10.3. The molecule has 1 aromatic heterocycles. The van der Waals surface area contributed by atoms with E-state index in [-0.39, 0.29) is 10.6 Å². The number of aromatic hydroxyl groups is 1. The van der Waals surface area contributed by atoms with Crippen LogP contribution in [0.4, 0.5) is 0 Å². The molecule has 8 heteroatoms. The fourth-order valence-corrected chi connectivity index (χ4v) is 4.79. The molecule has 0 bridgehead atoms. The van der Waals surface area contributed by atoms with Crippen molar-refractivity contribution in [3.63, 3.8) is 0 Å². The number of nitrogens with zero attached hydrogens (tertiary/aromatic N) is 1. The molecule has 4 rings (SSSR count). The third kappa shape index (κ3) is 5.27. The molecule has 3 aromatic rings. The van der Waals surface area contributed by atoms with E-state index in [9.17, 15) is 15.0 Å². The van der Waals surface area contributed by atoms with Crippen molar-refractivity contribution in [1.82, 2.24) is 20.5 Å². The lowest BCUT2D eigenvalue weighted by Gasteiger charge is -2.27. The minimum Gasteiger partial charge on any atom is -0.506 e. The molecule has 7 nitrogen and oxygen atoms in total. The second kappa shape index (κ2) is 9.72. The number of hydrogen-bond acceptors (Lipinski definition) is 7. The SMILES string of the molecule is O=c1[nH]c2c(O)ccc(CC(O)NCCc3cccc(CN4CCNCC4)c3)c2s1. The van der Waals surface area contributed by atoms with E-state index in [1.807, 2.05) is 0 Å². The summed E-state index contributed by atoms with van der Waals surface area (Å²) in [6.45, 7) is 5.89. The zero-order valence-corrected chi connectivity index (χ0v) is 17.7. The first-order chi connectivity index (χ1) is 14.6. The Morgan fingerprint density at radius 3 is 2.80 bits per heavy atom. The first kappa shape index (κ1) is 21.0.